The summed E-state index contributed by atoms with van der Waals surface area (Å²) >= 11 is 0. The van der Waals surface area contributed by atoms with E-state index < -0.39 is 0 Å². The van der Waals surface area contributed by atoms with Crippen molar-refractivity contribution in [2.45, 2.75) is 26.2 Å². The van der Waals surface area contributed by atoms with E-state index in [0.717, 1.165) is 17.1 Å². The minimum Gasteiger partial charge on any atom is -0.368 e. The molecule has 0 aliphatic carbocycles. The topological polar surface area (TPSA) is 37.8 Å². The van der Waals surface area contributed by atoms with Crippen LogP contribution in [0.15, 0.2) is 36.7 Å². The van der Waals surface area contributed by atoms with Gasteiger partial charge in [0.25, 0.3) is 0 Å². The third-order valence-corrected chi connectivity index (χ3v) is 3.09. The molecule has 0 atom stereocenters. The Labute approximate surface area is 112 Å². The lowest BCUT2D eigenvalue weighted by molar-refractivity contribution is 0.552. The summed E-state index contributed by atoms with van der Waals surface area (Å²) in [6.07, 6.45) is 3.42. The number of nitrogens with zero attached hydrogens (tertiary/aromatic N) is 2. The fourth-order valence-corrected chi connectivity index (χ4v) is 1.86. The van der Waals surface area contributed by atoms with Gasteiger partial charge in [-0.05, 0) is 24.6 Å². The lowest BCUT2D eigenvalue weighted by Gasteiger charge is -2.26. The summed E-state index contributed by atoms with van der Waals surface area (Å²) in [7, 11) is 0. The van der Waals surface area contributed by atoms with Gasteiger partial charge in [0, 0.05) is 18.2 Å². The molecule has 0 unspecified atom stereocenters. The van der Waals surface area contributed by atoms with E-state index in [0.29, 0.717) is 6.54 Å². The Balaban J connectivity index is 2.07. The quantitative estimate of drug-likeness (QED) is 0.915. The SMILES string of the molecule is Cc1cncc(NCC(C)(C)c2ccc(F)cc2)n1. The smallest absolute Gasteiger partial charge is 0.144 e. The number of aromatic nitrogens is 2. The number of nitrogens with one attached hydrogen (secondary N) is 1. The molecule has 0 radical (unpaired) electrons. The van der Waals surface area contributed by atoms with Gasteiger partial charge in [0.15, 0.2) is 0 Å². The molecule has 100 valence electrons. The van der Waals surface area contributed by atoms with Crippen molar-refractivity contribution in [3.63, 3.8) is 0 Å². The molecule has 0 saturated carbocycles. The van der Waals surface area contributed by atoms with Crippen LogP contribution in [0.3, 0.4) is 0 Å². The van der Waals surface area contributed by atoms with Crippen LogP contribution < -0.4 is 5.32 Å². The zero-order chi connectivity index (χ0) is 13.9. The lowest BCUT2D eigenvalue weighted by Crippen LogP contribution is -2.28. The molecule has 0 amide bonds. The highest BCUT2D eigenvalue weighted by Gasteiger charge is 2.20. The predicted molar refractivity (Wildman–Crippen MR) is 74.7 cm³/mol. The molecular weight excluding hydrogens is 241 g/mol. The summed E-state index contributed by atoms with van der Waals surface area (Å²) < 4.78 is 12.9. The molecular formula is C15H18FN3. The van der Waals surface area contributed by atoms with Gasteiger partial charge in [0.05, 0.1) is 11.9 Å². The van der Waals surface area contributed by atoms with Crippen molar-refractivity contribution in [1.82, 2.24) is 9.97 Å². The van der Waals surface area contributed by atoms with Crippen LogP contribution in [0.4, 0.5) is 10.2 Å². The summed E-state index contributed by atoms with van der Waals surface area (Å²) in [6.45, 7) is 6.83. The van der Waals surface area contributed by atoms with Crippen molar-refractivity contribution >= 4 is 5.82 Å². The normalized spacial score (nSPS) is 11.4. The van der Waals surface area contributed by atoms with Crippen molar-refractivity contribution < 1.29 is 4.39 Å². The molecule has 2 rings (SSSR count). The third-order valence-electron chi connectivity index (χ3n) is 3.09. The highest BCUT2D eigenvalue weighted by molar-refractivity contribution is 5.34. The molecule has 19 heavy (non-hydrogen) atoms. The van der Waals surface area contributed by atoms with Gasteiger partial charge < -0.3 is 5.32 Å². The van der Waals surface area contributed by atoms with E-state index in [1.807, 2.05) is 19.1 Å². The Kier molecular flexibility index (Phi) is 3.79. The number of halogens is 1. The second-order valence-electron chi connectivity index (χ2n) is 5.29. The van der Waals surface area contributed by atoms with E-state index >= 15 is 0 Å². The average Bonchev–Trinajstić information content (AvgIpc) is 2.37. The van der Waals surface area contributed by atoms with E-state index in [4.69, 9.17) is 0 Å². The Morgan fingerprint density at radius 2 is 1.84 bits per heavy atom. The Morgan fingerprint density at radius 3 is 2.47 bits per heavy atom. The molecule has 0 aliphatic heterocycles. The first-order valence-electron chi connectivity index (χ1n) is 6.26. The minimum absolute atomic E-state index is 0.112. The van der Waals surface area contributed by atoms with Crippen LogP contribution in [0, 0.1) is 12.7 Å². The summed E-state index contributed by atoms with van der Waals surface area (Å²) in [5.74, 6) is 0.548. The van der Waals surface area contributed by atoms with E-state index in [2.05, 4.69) is 29.1 Å². The van der Waals surface area contributed by atoms with Crippen LogP contribution in [0.2, 0.25) is 0 Å². The summed E-state index contributed by atoms with van der Waals surface area (Å²) in [4.78, 5) is 8.45. The van der Waals surface area contributed by atoms with Gasteiger partial charge in [-0.2, -0.15) is 0 Å². The maximum absolute atomic E-state index is 12.9. The zero-order valence-corrected chi connectivity index (χ0v) is 11.4. The zero-order valence-electron chi connectivity index (χ0n) is 11.4. The average molecular weight is 259 g/mol. The molecule has 1 aromatic heterocycles. The first-order valence-corrected chi connectivity index (χ1v) is 6.26. The molecule has 0 aliphatic rings. The van der Waals surface area contributed by atoms with Crippen molar-refractivity contribution in [3.8, 4) is 0 Å². The lowest BCUT2D eigenvalue weighted by atomic mass is 9.84. The van der Waals surface area contributed by atoms with Gasteiger partial charge in [-0.1, -0.05) is 26.0 Å². The molecule has 3 nitrogen and oxygen atoms in total. The second-order valence-corrected chi connectivity index (χ2v) is 5.29. The van der Waals surface area contributed by atoms with Crippen LogP contribution in [0.5, 0.6) is 0 Å². The number of hydrogen-bond donors (Lipinski definition) is 1. The van der Waals surface area contributed by atoms with Crippen LogP contribution in [-0.2, 0) is 5.41 Å². The monoisotopic (exact) mass is 259 g/mol. The van der Waals surface area contributed by atoms with Gasteiger partial charge in [0.2, 0.25) is 0 Å². The second kappa shape index (κ2) is 5.34. The molecule has 0 spiro atoms. The number of anilines is 1. The number of aryl methyl sites for hydroxylation is 1. The number of rotatable bonds is 4. The summed E-state index contributed by atoms with van der Waals surface area (Å²) in [5.41, 5.74) is 1.85. The largest absolute Gasteiger partial charge is 0.368 e. The molecule has 1 N–H and O–H groups in total. The van der Waals surface area contributed by atoms with Gasteiger partial charge >= 0.3 is 0 Å². The Bertz CT molecular complexity index is 550. The molecule has 1 heterocycles. The first kappa shape index (κ1) is 13.5. The van der Waals surface area contributed by atoms with Crippen LogP contribution in [0.1, 0.15) is 25.1 Å². The van der Waals surface area contributed by atoms with Crippen LogP contribution >= 0.6 is 0 Å². The molecule has 4 heteroatoms. The Hall–Kier alpha value is -1.97. The molecule has 2 aromatic rings. The first-order chi connectivity index (χ1) is 8.97. The van der Waals surface area contributed by atoms with E-state index in [9.17, 15) is 4.39 Å². The molecule has 1 aromatic carbocycles. The highest BCUT2D eigenvalue weighted by Crippen LogP contribution is 2.23. The maximum atomic E-state index is 12.9. The predicted octanol–water partition coefficient (Wildman–Crippen LogP) is 3.31. The number of hydrogen-bond acceptors (Lipinski definition) is 3. The van der Waals surface area contributed by atoms with Gasteiger partial charge in [-0.25, -0.2) is 9.37 Å². The van der Waals surface area contributed by atoms with Gasteiger partial charge in [-0.15, -0.1) is 0 Å². The standard InChI is InChI=1S/C15H18FN3/c1-11-8-17-9-14(19-11)18-10-15(2,3)12-4-6-13(16)7-5-12/h4-9H,10H2,1-3H3,(H,18,19). The van der Waals surface area contributed by atoms with Crippen molar-refractivity contribution in [1.29, 1.82) is 0 Å². The van der Waals surface area contributed by atoms with Gasteiger partial charge in [-0.3, -0.25) is 4.98 Å². The van der Waals surface area contributed by atoms with Crippen molar-refractivity contribution in [2.75, 3.05) is 11.9 Å². The molecule has 0 fully saturated rings. The summed E-state index contributed by atoms with van der Waals surface area (Å²) in [6, 6.07) is 6.62. The van der Waals surface area contributed by atoms with E-state index in [1.54, 1.807) is 12.4 Å². The molecule has 0 saturated heterocycles. The van der Waals surface area contributed by atoms with E-state index in [1.165, 1.54) is 12.1 Å². The number of benzene rings is 1. The third kappa shape index (κ3) is 3.50. The minimum atomic E-state index is -0.211. The van der Waals surface area contributed by atoms with Crippen molar-refractivity contribution in [2.24, 2.45) is 0 Å². The fourth-order valence-electron chi connectivity index (χ4n) is 1.86. The summed E-state index contributed by atoms with van der Waals surface area (Å²) in [5, 5.41) is 3.27. The van der Waals surface area contributed by atoms with Crippen LogP contribution in [0.25, 0.3) is 0 Å². The maximum Gasteiger partial charge on any atom is 0.144 e. The fraction of sp³-hybridized carbons (Fsp3) is 0.333. The highest BCUT2D eigenvalue weighted by atomic mass is 19.1. The Morgan fingerprint density at radius 1 is 1.16 bits per heavy atom. The molecule has 0 bridgehead atoms. The van der Waals surface area contributed by atoms with Crippen LogP contribution in [-0.4, -0.2) is 16.5 Å². The van der Waals surface area contributed by atoms with Gasteiger partial charge in [0.1, 0.15) is 11.6 Å². The van der Waals surface area contributed by atoms with Crippen molar-refractivity contribution in [3.05, 3.63) is 53.7 Å². The van der Waals surface area contributed by atoms with E-state index in [-0.39, 0.29) is 11.2 Å².